The van der Waals surface area contributed by atoms with E-state index in [0.29, 0.717) is 6.42 Å². The molecule has 1 heterocycles. The van der Waals surface area contributed by atoms with E-state index < -0.39 is 24.1 Å². The fourth-order valence-corrected chi connectivity index (χ4v) is 2.51. The highest BCUT2D eigenvalue weighted by Crippen LogP contribution is 2.30. The first kappa shape index (κ1) is 16.7. The summed E-state index contributed by atoms with van der Waals surface area (Å²) in [5.74, 6) is -0.832. The predicted octanol–water partition coefficient (Wildman–Crippen LogP) is 2.22. The highest BCUT2D eigenvalue weighted by atomic mass is 16.8. The molecule has 5 nitrogen and oxygen atoms in total. The average Bonchev–Trinajstić information content (AvgIpc) is 2.75. The molecule has 0 unspecified atom stereocenters. The quantitative estimate of drug-likeness (QED) is 0.288. The minimum Gasteiger partial charge on any atom is -0.624 e. The van der Waals surface area contributed by atoms with Gasteiger partial charge in [0.05, 0.1) is 6.10 Å². The van der Waals surface area contributed by atoms with Gasteiger partial charge in [0.2, 0.25) is 0 Å². The molecule has 1 aromatic carbocycles. The topological polar surface area (TPSA) is 64.8 Å². The van der Waals surface area contributed by atoms with Gasteiger partial charge >= 0.3 is 0 Å². The maximum atomic E-state index is 12.1. The summed E-state index contributed by atoms with van der Waals surface area (Å²) in [6.45, 7) is 7.37. The van der Waals surface area contributed by atoms with E-state index in [1.807, 2.05) is 30.3 Å². The zero-order valence-electron chi connectivity index (χ0n) is 13.0. The van der Waals surface area contributed by atoms with Crippen molar-refractivity contribution in [3.63, 3.8) is 0 Å². The van der Waals surface area contributed by atoms with E-state index in [9.17, 15) is 10.3 Å². The van der Waals surface area contributed by atoms with Gasteiger partial charge in [-0.15, -0.1) is 6.58 Å². The maximum absolute atomic E-state index is 12.1. The number of aliphatic hydroxyl groups is 1. The van der Waals surface area contributed by atoms with Gasteiger partial charge in [-0.25, -0.2) is 4.74 Å². The third-order valence-corrected chi connectivity index (χ3v) is 3.45. The Kier molecular flexibility index (Phi) is 5.34. The minimum atomic E-state index is -0.832. The SMILES string of the molecule is C=CC[C@H](O)[C@@H]1OC(C)(C)O[C@@H]1/C=[N+](\[O-])Cc1ccccc1. The van der Waals surface area contributed by atoms with Crippen LogP contribution in [0.25, 0.3) is 0 Å². The van der Waals surface area contributed by atoms with Crippen LogP contribution in [0.1, 0.15) is 25.8 Å². The Labute approximate surface area is 131 Å². The van der Waals surface area contributed by atoms with Crippen molar-refractivity contribution in [3.05, 3.63) is 53.8 Å². The predicted molar refractivity (Wildman–Crippen MR) is 84.5 cm³/mol. The molecule has 0 spiro atoms. The molecule has 1 saturated heterocycles. The van der Waals surface area contributed by atoms with E-state index in [4.69, 9.17) is 9.47 Å². The molecule has 0 radical (unpaired) electrons. The molecule has 3 atom stereocenters. The summed E-state index contributed by atoms with van der Waals surface area (Å²) in [5, 5.41) is 22.3. The van der Waals surface area contributed by atoms with Crippen LogP contribution in [0.2, 0.25) is 0 Å². The van der Waals surface area contributed by atoms with Crippen LogP contribution in [0.15, 0.2) is 43.0 Å². The Balaban J connectivity index is 2.10. The molecule has 1 N–H and O–H groups in total. The van der Waals surface area contributed by atoms with Crippen LogP contribution in [0.5, 0.6) is 0 Å². The molecule has 2 rings (SSSR count). The largest absolute Gasteiger partial charge is 0.624 e. The zero-order chi connectivity index (χ0) is 16.2. The lowest BCUT2D eigenvalue weighted by molar-refractivity contribution is -0.473. The number of hydroxylamine groups is 1. The fourth-order valence-electron chi connectivity index (χ4n) is 2.51. The number of aliphatic hydroxyl groups excluding tert-OH is 1. The lowest BCUT2D eigenvalue weighted by Crippen LogP contribution is -2.37. The first-order valence-corrected chi connectivity index (χ1v) is 7.38. The lowest BCUT2D eigenvalue weighted by Gasteiger charge is -2.19. The van der Waals surface area contributed by atoms with Crippen molar-refractivity contribution in [1.82, 2.24) is 0 Å². The molecule has 1 aliphatic rings. The number of hydrogen-bond donors (Lipinski definition) is 1. The van der Waals surface area contributed by atoms with Gasteiger partial charge in [-0.3, -0.25) is 0 Å². The van der Waals surface area contributed by atoms with Crippen molar-refractivity contribution < 1.29 is 19.3 Å². The van der Waals surface area contributed by atoms with Crippen LogP contribution >= 0.6 is 0 Å². The van der Waals surface area contributed by atoms with Crippen LogP contribution in [0.3, 0.4) is 0 Å². The molecule has 0 amide bonds. The second-order valence-electron chi connectivity index (χ2n) is 5.87. The summed E-state index contributed by atoms with van der Waals surface area (Å²) in [4.78, 5) is 0. The summed E-state index contributed by atoms with van der Waals surface area (Å²) >= 11 is 0. The number of nitrogens with zero attached hydrogens (tertiary/aromatic N) is 1. The van der Waals surface area contributed by atoms with Crippen molar-refractivity contribution in [2.75, 3.05) is 0 Å². The van der Waals surface area contributed by atoms with Gasteiger partial charge in [0.1, 0.15) is 6.10 Å². The van der Waals surface area contributed by atoms with Crippen LogP contribution in [0.4, 0.5) is 0 Å². The molecule has 1 aliphatic heterocycles. The zero-order valence-corrected chi connectivity index (χ0v) is 13.0. The highest BCUT2D eigenvalue weighted by molar-refractivity contribution is 5.59. The second-order valence-corrected chi connectivity index (χ2v) is 5.87. The lowest BCUT2D eigenvalue weighted by atomic mass is 10.1. The first-order chi connectivity index (χ1) is 10.4. The normalized spacial score (nSPS) is 25.9. The van der Waals surface area contributed by atoms with Crippen molar-refractivity contribution in [2.24, 2.45) is 0 Å². The van der Waals surface area contributed by atoms with Gasteiger partial charge in [0.25, 0.3) is 0 Å². The van der Waals surface area contributed by atoms with E-state index in [-0.39, 0.29) is 6.54 Å². The van der Waals surface area contributed by atoms with Crippen LogP contribution in [-0.2, 0) is 16.0 Å². The number of ether oxygens (including phenoxy) is 2. The van der Waals surface area contributed by atoms with Gasteiger partial charge in [-0.1, -0.05) is 36.4 Å². The molecule has 0 bridgehead atoms. The van der Waals surface area contributed by atoms with Gasteiger partial charge in [-0.2, -0.15) is 0 Å². The van der Waals surface area contributed by atoms with Crippen LogP contribution in [-0.4, -0.2) is 40.2 Å². The van der Waals surface area contributed by atoms with Crippen LogP contribution < -0.4 is 0 Å². The molecule has 1 aromatic rings. The Morgan fingerprint density at radius 2 is 2.05 bits per heavy atom. The van der Waals surface area contributed by atoms with Crippen molar-refractivity contribution in [2.45, 2.75) is 50.9 Å². The third-order valence-electron chi connectivity index (χ3n) is 3.45. The van der Waals surface area contributed by atoms with Gasteiger partial charge < -0.3 is 19.8 Å². The van der Waals surface area contributed by atoms with E-state index in [2.05, 4.69) is 6.58 Å². The summed E-state index contributed by atoms with van der Waals surface area (Å²) < 4.78 is 12.3. The van der Waals surface area contributed by atoms with E-state index in [1.54, 1.807) is 19.9 Å². The molecule has 22 heavy (non-hydrogen) atoms. The Bertz CT molecular complexity index is 527. The third kappa shape index (κ3) is 4.40. The van der Waals surface area contributed by atoms with Crippen molar-refractivity contribution >= 4 is 6.21 Å². The molecule has 0 aliphatic carbocycles. The van der Waals surface area contributed by atoms with Gasteiger partial charge in [0.15, 0.2) is 24.7 Å². The van der Waals surface area contributed by atoms with Gasteiger partial charge in [-0.05, 0) is 20.3 Å². The van der Waals surface area contributed by atoms with E-state index in [1.165, 1.54) is 6.21 Å². The fraction of sp³-hybridized carbons (Fsp3) is 0.471. The monoisotopic (exact) mass is 305 g/mol. The van der Waals surface area contributed by atoms with Crippen LogP contribution in [0, 0.1) is 5.21 Å². The minimum absolute atomic E-state index is 0.228. The molecule has 0 aromatic heterocycles. The standard InChI is InChI=1S/C17H23NO4/c1-4-8-14(19)16-15(21-17(2,3)22-16)12-18(20)11-13-9-6-5-7-10-13/h4-7,9-10,12,14-16,19H,1,8,11H2,2-3H3/b18-12-/t14-,15+,16-/m0/s1. The summed E-state index contributed by atoms with van der Waals surface area (Å²) in [5.41, 5.74) is 0.912. The van der Waals surface area contributed by atoms with Crippen molar-refractivity contribution in [1.29, 1.82) is 0 Å². The maximum Gasteiger partial charge on any atom is 0.183 e. The van der Waals surface area contributed by atoms with Crippen molar-refractivity contribution in [3.8, 4) is 0 Å². The second kappa shape index (κ2) is 7.05. The Morgan fingerprint density at radius 1 is 1.36 bits per heavy atom. The molecule has 1 fully saturated rings. The summed E-state index contributed by atoms with van der Waals surface area (Å²) in [6, 6.07) is 9.45. The first-order valence-electron chi connectivity index (χ1n) is 7.38. The Morgan fingerprint density at radius 3 is 2.68 bits per heavy atom. The number of rotatable bonds is 6. The van der Waals surface area contributed by atoms with E-state index in [0.717, 1.165) is 10.3 Å². The van der Waals surface area contributed by atoms with E-state index >= 15 is 0 Å². The molecular weight excluding hydrogens is 282 g/mol. The molecular formula is C17H23NO4. The van der Waals surface area contributed by atoms with Gasteiger partial charge in [0, 0.05) is 5.56 Å². The molecule has 120 valence electrons. The Hall–Kier alpha value is -1.69. The number of hydrogen-bond acceptors (Lipinski definition) is 4. The number of benzene rings is 1. The molecule has 0 saturated carbocycles. The average molecular weight is 305 g/mol. The summed E-state index contributed by atoms with van der Waals surface area (Å²) in [7, 11) is 0. The highest BCUT2D eigenvalue weighted by Gasteiger charge is 2.45. The molecule has 5 heteroatoms. The summed E-state index contributed by atoms with van der Waals surface area (Å²) in [6.07, 6.45) is 1.50. The smallest absolute Gasteiger partial charge is 0.183 e.